The number of aliphatic hydroxyl groups excluding tert-OH is 1. The molecule has 0 fully saturated rings. The van der Waals surface area contributed by atoms with Gasteiger partial charge < -0.3 is 5.11 Å². The number of aryl methyl sites for hydroxylation is 1. The zero-order chi connectivity index (χ0) is 13.2. The minimum absolute atomic E-state index is 0.126. The number of hydrogen-bond acceptors (Lipinski definition) is 4. The highest BCUT2D eigenvalue weighted by molar-refractivity contribution is 7.18. The van der Waals surface area contributed by atoms with Crippen molar-refractivity contribution in [3.8, 4) is 11.3 Å². The Labute approximate surface area is 115 Å². The van der Waals surface area contributed by atoms with E-state index in [-0.39, 0.29) is 6.61 Å². The van der Waals surface area contributed by atoms with E-state index in [0.717, 1.165) is 27.5 Å². The van der Waals surface area contributed by atoms with E-state index in [1.165, 1.54) is 4.70 Å². The molecule has 4 heteroatoms. The Morgan fingerprint density at radius 1 is 1.16 bits per heavy atom. The second-order valence-electron chi connectivity index (χ2n) is 4.40. The van der Waals surface area contributed by atoms with Crippen molar-refractivity contribution in [1.82, 2.24) is 9.97 Å². The molecule has 96 valence electrons. The molecular formula is C15H14N2OS. The SMILES string of the molecule is Cc1nc2cc(-c3cccc(CCO)n3)ccc2s1. The van der Waals surface area contributed by atoms with Crippen LogP contribution in [0.1, 0.15) is 10.7 Å². The molecule has 1 aromatic carbocycles. The van der Waals surface area contributed by atoms with Gasteiger partial charge in [-0.25, -0.2) is 4.98 Å². The lowest BCUT2D eigenvalue weighted by Crippen LogP contribution is -1.95. The number of benzene rings is 1. The quantitative estimate of drug-likeness (QED) is 0.795. The van der Waals surface area contributed by atoms with Crippen LogP contribution in [-0.2, 0) is 6.42 Å². The second-order valence-corrected chi connectivity index (χ2v) is 5.64. The maximum Gasteiger partial charge on any atom is 0.0907 e. The predicted octanol–water partition coefficient (Wildman–Crippen LogP) is 3.20. The largest absolute Gasteiger partial charge is 0.396 e. The Hall–Kier alpha value is -1.78. The minimum Gasteiger partial charge on any atom is -0.396 e. The van der Waals surface area contributed by atoms with Crippen molar-refractivity contribution in [2.75, 3.05) is 6.61 Å². The first-order valence-electron chi connectivity index (χ1n) is 6.20. The van der Waals surface area contributed by atoms with Crippen molar-refractivity contribution in [2.45, 2.75) is 13.3 Å². The summed E-state index contributed by atoms with van der Waals surface area (Å²) in [7, 11) is 0. The highest BCUT2D eigenvalue weighted by Crippen LogP contribution is 2.26. The van der Waals surface area contributed by atoms with Crippen molar-refractivity contribution in [3.05, 3.63) is 47.1 Å². The zero-order valence-corrected chi connectivity index (χ0v) is 11.4. The molecule has 2 aromatic heterocycles. The standard InChI is InChI=1S/C15H14N2OS/c1-10-16-14-9-11(5-6-15(14)19-10)13-4-2-3-12(17-13)7-8-18/h2-6,9,18H,7-8H2,1H3. The molecule has 0 bridgehead atoms. The van der Waals surface area contributed by atoms with Gasteiger partial charge in [0.15, 0.2) is 0 Å². The Morgan fingerprint density at radius 2 is 2.05 bits per heavy atom. The molecule has 3 aromatic rings. The predicted molar refractivity (Wildman–Crippen MR) is 78.4 cm³/mol. The van der Waals surface area contributed by atoms with Crippen LogP contribution in [0, 0.1) is 6.92 Å². The summed E-state index contributed by atoms with van der Waals surface area (Å²) in [5.74, 6) is 0. The smallest absolute Gasteiger partial charge is 0.0907 e. The summed E-state index contributed by atoms with van der Waals surface area (Å²) in [6, 6.07) is 12.1. The average Bonchev–Trinajstić information content (AvgIpc) is 2.78. The van der Waals surface area contributed by atoms with Crippen LogP contribution in [0.4, 0.5) is 0 Å². The van der Waals surface area contributed by atoms with Crippen LogP contribution in [0.15, 0.2) is 36.4 Å². The lowest BCUT2D eigenvalue weighted by atomic mass is 10.1. The highest BCUT2D eigenvalue weighted by Gasteiger charge is 2.05. The fourth-order valence-corrected chi connectivity index (χ4v) is 2.90. The number of thiazole rings is 1. The van der Waals surface area contributed by atoms with Crippen molar-refractivity contribution in [3.63, 3.8) is 0 Å². The second kappa shape index (κ2) is 5.07. The van der Waals surface area contributed by atoms with Gasteiger partial charge in [0.25, 0.3) is 0 Å². The van der Waals surface area contributed by atoms with Crippen molar-refractivity contribution in [1.29, 1.82) is 0 Å². The van der Waals surface area contributed by atoms with Crippen LogP contribution in [0.3, 0.4) is 0 Å². The van der Waals surface area contributed by atoms with Gasteiger partial charge in [0.1, 0.15) is 0 Å². The van der Waals surface area contributed by atoms with Crippen LogP contribution in [0.25, 0.3) is 21.5 Å². The Bertz CT molecular complexity index is 721. The number of hydrogen-bond donors (Lipinski definition) is 1. The summed E-state index contributed by atoms with van der Waals surface area (Å²) in [5.41, 5.74) is 3.93. The molecule has 0 spiro atoms. The first-order chi connectivity index (χ1) is 9.26. The van der Waals surface area contributed by atoms with E-state index in [4.69, 9.17) is 5.11 Å². The first-order valence-corrected chi connectivity index (χ1v) is 7.02. The van der Waals surface area contributed by atoms with Gasteiger partial charge >= 0.3 is 0 Å². The third kappa shape index (κ3) is 2.50. The van der Waals surface area contributed by atoms with Gasteiger partial charge in [-0.2, -0.15) is 0 Å². The number of rotatable bonds is 3. The average molecular weight is 270 g/mol. The molecule has 0 amide bonds. The van der Waals surface area contributed by atoms with Crippen LogP contribution in [-0.4, -0.2) is 21.7 Å². The van der Waals surface area contributed by atoms with Gasteiger partial charge in [0.2, 0.25) is 0 Å². The molecule has 0 aliphatic carbocycles. The highest BCUT2D eigenvalue weighted by atomic mass is 32.1. The summed E-state index contributed by atoms with van der Waals surface area (Å²) in [6.07, 6.45) is 0.589. The lowest BCUT2D eigenvalue weighted by molar-refractivity contribution is 0.298. The van der Waals surface area contributed by atoms with E-state index in [1.807, 2.05) is 25.1 Å². The third-order valence-corrected chi connectivity index (χ3v) is 3.92. The van der Waals surface area contributed by atoms with Gasteiger partial charge in [-0.3, -0.25) is 4.98 Å². The molecule has 19 heavy (non-hydrogen) atoms. The molecule has 0 aliphatic rings. The van der Waals surface area contributed by atoms with E-state index in [1.54, 1.807) is 11.3 Å². The number of aliphatic hydroxyl groups is 1. The van der Waals surface area contributed by atoms with Gasteiger partial charge in [-0.1, -0.05) is 12.1 Å². The van der Waals surface area contributed by atoms with E-state index in [9.17, 15) is 0 Å². The monoisotopic (exact) mass is 270 g/mol. The van der Waals surface area contributed by atoms with E-state index < -0.39 is 0 Å². The molecule has 0 saturated heterocycles. The zero-order valence-electron chi connectivity index (χ0n) is 10.6. The van der Waals surface area contributed by atoms with Crippen molar-refractivity contribution < 1.29 is 5.11 Å². The summed E-state index contributed by atoms with van der Waals surface area (Å²) in [5, 5.41) is 10.1. The maximum absolute atomic E-state index is 8.98. The number of fused-ring (bicyclic) bond motifs is 1. The Balaban J connectivity index is 2.05. The van der Waals surface area contributed by atoms with Crippen LogP contribution in [0.2, 0.25) is 0 Å². The molecule has 0 atom stereocenters. The molecule has 0 aliphatic heterocycles. The number of aromatic nitrogens is 2. The summed E-state index contributed by atoms with van der Waals surface area (Å²) < 4.78 is 1.20. The van der Waals surface area contributed by atoms with Crippen molar-refractivity contribution in [2.24, 2.45) is 0 Å². The van der Waals surface area contributed by atoms with Gasteiger partial charge in [-0.05, 0) is 31.2 Å². The molecule has 3 nitrogen and oxygen atoms in total. The fourth-order valence-electron chi connectivity index (χ4n) is 2.10. The normalized spacial score (nSPS) is 11.1. The molecule has 2 heterocycles. The van der Waals surface area contributed by atoms with Crippen LogP contribution < -0.4 is 0 Å². The molecular weight excluding hydrogens is 256 g/mol. The van der Waals surface area contributed by atoms with E-state index in [2.05, 4.69) is 28.2 Å². The van der Waals surface area contributed by atoms with Gasteiger partial charge in [0, 0.05) is 24.3 Å². The van der Waals surface area contributed by atoms with E-state index >= 15 is 0 Å². The maximum atomic E-state index is 8.98. The molecule has 0 radical (unpaired) electrons. The molecule has 0 saturated carbocycles. The first kappa shape index (κ1) is 12.3. The number of nitrogens with zero attached hydrogens (tertiary/aromatic N) is 2. The van der Waals surface area contributed by atoms with E-state index in [0.29, 0.717) is 6.42 Å². The summed E-state index contributed by atoms with van der Waals surface area (Å²) in [4.78, 5) is 9.07. The molecule has 3 rings (SSSR count). The lowest BCUT2D eigenvalue weighted by Gasteiger charge is -2.03. The third-order valence-electron chi connectivity index (χ3n) is 2.96. The van der Waals surface area contributed by atoms with Crippen LogP contribution >= 0.6 is 11.3 Å². The van der Waals surface area contributed by atoms with Crippen molar-refractivity contribution >= 4 is 21.6 Å². The number of pyridine rings is 1. The summed E-state index contributed by atoms with van der Waals surface area (Å²) in [6.45, 7) is 2.14. The Kier molecular flexibility index (Phi) is 3.27. The Morgan fingerprint density at radius 3 is 2.89 bits per heavy atom. The minimum atomic E-state index is 0.126. The fraction of sp³-hybridized carbons (Fsp3) is 0.200. The summed E-state index contributed by atoms with van der Waals surface area (Å²) >= 11 is 1.70. The van der Waals surface area contributed by atoms with Gasteiger partial charge in [-0.15, -0.1) is 11.3 Å². The molecule has 0 unspecified atom stereocenters. The van der Waals surface area contributed by atoms with Crippen LogP contribution in [0.5, 0.6) is 0 Å². The van der Waals surface area contributed by atoms with Gasteiger partial charge in [0.05, 0.1) is 20.9 Å². The molecule has 1 N–H and O–H groups in total. The topological polar surface area (TPSA) is 46.0 Å².